The lowest BCUT2D eigenvalue weighted by molar-refractivity contribution is 0.00444. The third-order valence-electron chi connectivity index (χ3n) is 5.83. The molecule has 1 unspecified atom stereocenters. The quantitative estimate of drug-likeness (QED) is 0.822. The number of rotatable bonds is 2. The molecular formula is C17H34N2. The van der Waals surface area contributed by atoms with Crippen LogP contribution in [-0.2, 0) is 0 Å². The van der Waals surface area contributed by atoms with Crippen molar-refractivity contribution in [3.05, 3.63) is 0 Å². The molecule has 1 atom stereocenters. The Kier molecular flexibility index (Phi) is 4.62. The number of nitrogens with one attached hydrogen (secondary N) is 1. The smallest absolute Gasteiger partial charge is 0.0193 e. The van der Waals surface area contributed by atoms with Crippen LogP contribution in [-0.4, -0.2) is 36.6 Å². The first-order chi connectivity index (χ1) is 8.82. The summed E-state index contributed by atoms with van der Waals surface area (Å²) in [7, 11) is 0. The van der Waals surface area contributed by atoms with Crippen molar-refractivity contribution in [3.8, 4) is 0 Å². The van der Waals surface area contributed by atoms with E-state index in [1.807, 2.05) is 0 Å². The fourth-order valence-corrected chi connectivity index (χ4v) is 4.03. The topological polar surface area (TPSA) is 15.3 Å². The minimum atomic E-state index is 0.371. The van der Waals surface area contributed by atoms with Gasteiger partial charge in [-0.2, -0.15) is 0 Å². The number of nitrogens with zero attached hydrogens (tertiary/aromatic N) is 1. The highest BCUT2D eigenvalue weighted by Gasteiger charge is 2.39. The van der Waals surface area contributed by atoms with Crippen LogP contribution in [0.1, 0.15) is 60.3 Å². The summed E-state index contributed by atoms with van der Waals surface area (Å²) in [6, 6.07) is 0. The summed E-state index contributed by atoms with van der Waals surface area (Å²) < 4.78 is 0. The number of hydrogen-bond acceptors (Lipinski definition) is 2. The molecule has 1 N–H and O–H groups in total. The molecule has 2 heterocycles. The summed E-state index contributed by atoms with van der Waals surface area (Å²) in [5.74, 6) is 1.73. The third-order valence-corrected chi connectivity index (χ3v) is 5.83. The number of hydrogen-bond donors (Lipinski definition) is 1. The molecule has 0 spiro atoms. The predicted molar refractivity (Wildman–Crippen MR) is 83.4 cm³/mol. The lowest BCUT2D eigenvalue weighted by Gasteiger charge is -2.50. The molecule has 2 fully saturated rings. The molecule has 19 heavy (non-hydrogen) atoms. The lowest BCUT2D eigenvalue weighted by Crippen LogP contribution is -2.56. The highest BCUT2D eigenvalue weighted by Crippen LogP contribution is 2.38. The first kappa shape index (κ1) is 15.3. The molecule has 0 aromatic carbocycles. The first-order valence-electron chi connectivity index (χ1n) is 8.27. The van der Waals surface area contributed by atoms with Crippen molar-refractivity contribution >= 4 is 0 Å². The Morgan fingerprint density at radius 2 is 1.53 bits per heavy atom. The van der Waals surface area contributed by atoms with Crippen LogP contribution in [0, 0.1) is 17.3 Å². The summed E-state index contributed by atoms with van der Waals surface area (Å²) in [5, 5.41) is 3.59. The van der Waals surface area contributed by atoms with Gasteiger partial charge in [0.05, 0.1) is 0 Å². The van der Waals surface area contributed by atoms with Gasteiger partial charge in [0.1, 0.15) is 0 Å². The molecule has 0 bridgehead atoms. The average molecular weight is 266 g/mol. The second-order valence-electron chi connectivity index (χ2n) is 8.32. The number of piperidine rings is 2. The van der Waals surface area contributed by atoms with Gasteiger partial charge in [-0.3, -0.25) is 4.90 Å². The molecular weight excluding hydrogens is 232 g/mol. The average Bonchev–Trinajstić information content (AvgIpc) is 2.39. The zero-order chi connectivity index (χ0) is 14.1. The molecule has 2 nitrogen and oxygen atoms in total. The van der Waals surface area contributed by atoms with Crippen molar-refractivity contribution in [1.82, 2.24) is 10.2 Å². The molecule has 2 saturated heterocycles. The van der Waals surface area contributed by atoms with Crippen LogP contribution in [0.5, 0.6) is 0 Å². The van der Waals surface area contributed by atoms with E-state index in [1.165, 1.54) is 51.9 Å². The third kappa shape index (κ3) is 3.52. The van der Waals surface area contributed by atoms with Gasteiger partial charge in [0, 0.05) is 5.54 Å². The van der Waals surface area contributed by atoms with E-state index < -0.39 is 0 Å². The Hall–Kier alpha value is -0.0800. The van der Waals surface area contributed by atoms with Crippen LogP contribution in [0.3, 0.4) is 0 Å². The predicted octanol–water partition coefficient (Wildman–Crippen LogP) is 3.52. The van der Waals surface area contributed by atoms with Crippen molar-refractivity contribution < 1.29 is 0 Å². The zero-order valence-electron chi connectivity index (χ0n) is 13.8. The van der Waals surface area contributed by atoms with Crippen molar-refractivity contribution in [3.63, 3.8) is 0 Å². The molecule has 112 valence electrons. The summed E-state index contributed by atoms with van der Waals surface area (Å²) in [4.78, 5) is 2.77. The Balaban J connectivity index is 1.92. The van der Waals surface area contributed by atoms with Crippen LogP contribution < -0.4 is 5.32 Å². The minimum absolute atomic E-state index is 0.371. The van der Waals surface area contributed by atoms with Gasteiger partial charge < -0.3 is 5.32 Å². The maximum Gasteiger partial charge on any atom is 0.0193 e. The summed E-state index contributed by atoms with van der Waals surface area (Å²) in [5.41, 5.74) is 0.860. The SMILES string of the molecule is CC(C)(C)C1CCN(C(C)(C)C2CCCNC2)CC1. The van der Waals surface area contributed by atoms with E-state index in [2.05, 4.69) is 44.8 Å². The Bertz CT molecular complexity index is 276. The van der Waals surface area contributed by atoms with E-state index in [-0.39, 0.29) is 0 Å². The van der Waals surface area contributed by atoms with Gasteiger partial charge in [0.15, 0.2) is 0 Å². The van der Waals surface area contributed by atoms with Crippen LogP contribution >= 0.6 is 0 Å². The maximum atomic E-state index is 3.59. The molecule has 0 amide bonds. The van der Waals surface area contributed by atoms with Gasteiger partial charge >= 0.3 is 0 Å². The molecule has 0 radical (unpaired) electrons. The van der Waals surface area contributed by atoms with E-state index in [9.17, 15) is 0 Å². The van der Waals surface area contributed by atoms with Gasteiger partial charge in [-0.25, -0.2) is 0 Å². The summed E-state index contributed by atoms with van der Waals surface area (Å²) in [6.45, 7) is 17.2. The molecule has 0 saturated carbocycles. The fourth-order valence-electron chi connectivity index (χ4n) is 4.03. The van der Waals surface area contributed by atoms with Crippen LogP contribution in [0.15, 0.2) is 0 Å². The lowest BCUT2D eigenvalue weighted by atomic mass is 9.73. The van der Waals surface area contributed by atoms with Gasteiger partial charge in [0.2, 0.25) is 0 Å². The van der Waals surface area contributed by atoms with Crippen LogP contribution in [0.4, 0.5) is 0 Å². The zero-order valence-corrected chi connectivity index (χ0v) is 13.8. The fraction of sp³-hybridized carbons (Fsp3) is 1.00. The monoisotopic (exact) mass is 266 g/mol. The van der Waals surface area contributed by atoms with Crippen LogP contribution in [0.2, 0.25) is 0 Å². The molecule has 0 aromatic heterocycles. The maximum absolute atomic E-state index is 3.59. The van der Waals surface area contributed by atoms with Gasteiger partial charge in [-0.05, 0) is 83.0 Å². The summed E-state index contributed by atoms with van der Waals surface area (Å²) in [6.07, 6.45) is 5.52. The second-order valence-corrected chi connectivity index (χ2v) is 8.32. The van der Waals surface area contributed by atoms with E-state index in [4.69, 9.17) is 0 Å². The van der Waals surface area contributed by atoms with E-state index >= 15 is 0 Å². The van der Waals surface area contributed by atoms with Gasteiger partial charge in [0.25, 0.3) is 0 Å². The highest BCUT2D eigenvalue weighted by molar-refractivity contribution is 4.94. The van der Waals surface area contributed by atoms with Gasteiger partial charge in [-0.1, -0.05) is 20.8 Å². The molecule has 2 rings (SSSR count). The van der Waals surface area contributed by atoms with E-state index in [0.29, 0.717) is 11.0 Å². The normalized spacial score (nSPS) is 28.6. The minimum Gasteiger partial charge on any atom is -0.316 e. The Labute approximate surface area is 120 Å². The molecule has 2 aliphatic rings. The van der Waals surface area contributed by atoms with Crippen molar-refractivity contribution in [2.24, 2.45) is 17.3 Å². The molecule has 2 heteroatoms. The van der Waals surface area contributed by atoms with Crippen LogP contribution in [0.25, 0.3) is 0 Å². The highest BCUT2D eigenvalue weighted by atomic mass is 15.2. The van der Waals surface area contributed by atoms with Gasteiger partial charge in [-0.15, -0.1) is 0 Å². The largest absolute Gasteiger partial charge is 0.316 e. The van der Waals surface area contributed by atoms with Crippen molar-refractivity contribution in [2.75, 3.05) is 26.2 Å². The van der Waals surface area contributed by atoms with Crippen molar-refractivity contribution in [2.45, 2.75) is 65.8 Å². The molecule has 0 aliphatic carbocycles. The Morgan fingerprint density at radius 1 is 0.895 bits per heavy atom. The summed E-state index contributed by atoms with van der Waals surface area (Å²) >= 11 is 0. The van der Waals surface area contributed by atoms with Crippen molar-refractivity contribution in [1.29, 1.82) is 0 Å². The second kappa shape index (κ2) is 5.73. The molecule has 2 aliphatic heterocycles. The Morgan fingerprint density at radius 3 is 2.00 bits per heavy atom. The first-order valence-corrected chi connectivity index (χ1v) is 8.27. The number of likely N-dealkylation sites (tertiary alicyclic amines) is 1. The molecule has 0 aromatic rings. The standard InChI is InChI=1S/C17H34N2/c1-16(2,3)14-8-11-19(12-9-14)17(4,5)15-7-6-10-18-13-15/h14-15,18H,6-13H2,1-5H3. The van der Waals surface area contributed by atoms with E-state index in [1.54, 1.807) is 0 Å². The van der Waals surface area contributed by atoms with E-state index in [0.717, 1.165) is 11.8 Å².